The molecule has 0 unspecified atom stereocenters. The molecule has 0 saturated carbocycles. The Balaban J connectivity index is 0.00000338. The van der Waals surface area contributed by atoms with Gasteiger partial charge < -0.3 is 15.4 Å². The third-order valence-corrected chi connectivity index (χ3v) is 4.22. The zero-order valence-corrected chi connectivity index (χ0v) is 18.6. The molecule has 0 aliphatic heterocycles. The predicted molar refractivity (Wildman–Crippen MR) is 118 cm³/mol. The van der Waals surface area contributed by atoms with Gasteiger partial charge in [-0.25, -0.2) is 4.99 Å². The summed E-state index contributed by atoms with van der Waals surface area (Å²) in [6.45, 7) is 8.49. The molecule has 0 saturated heterocycles. The van der Waals surface area contributed by atoms with E-state index in [1.807, 2.05) is 29.9 Å². The summed E-state index contributed by atoms with van der Waals surface area (Å²) in [7, 11) is 3.66. The van der Waals surface area contributed by atoms with Crippen molar-refractivity contribution in [3.63, 3.8) is 0 Å². The molecule has 0 aliphatic rings. The molecule has 2 N–H and O–H groups in total. The maximum atomic E-state index is 5.26. The number of ether oxygens (including phenoxy) is 1. The number of aliphatic imine (C=N–C) groups is 1. The van der Waals surface area contributed by atoms with Gasteiger partial charge in [0.15, 0.2) is 5.96 Å². The second-order valence-corrected chi connectivity index (χ2v) is 6.00. The minimum atomic E-state index is 0. The topological polar surface area (TPSA) is 63.5 Å². The molecule has 0 spiro atoms. The molecule has 0 amide bonds. The molecule has 6 nitrogen and oxygen atoms in total. The van der Waals surface area contributed by atoms with Crippen LogP contribution in [0.4, 0.5) is 0 Å². The summed E-state index contributed by atoms with van der Waals surface area (Å²) in [6, 6.07) is 7.99. The monoisotopic (exact) mass is 471 g/mol. The van der Waals surface area contributed by atoms with Crippen molar-refractivity contribution in [2.24, 2.45) is 12.0 Å². The lowest BCUT2D eigenvalue weighted by molar-refractivity contribution is 0.414. The van der Waals surface area contributed by atoms with E-state index in [0.29, 0.717) is 6.54 Å². The van der Waals surface area contributed by atoms with E-state index in [0.717, 1.165) is 42.5 Å². The van der Waals surface area contributed by atoms with E-state index in [-0.39, 0.29) is 24.0 Å². The molecular weight excluding hydrogens is 441 g/mol. The van der Waals surface area contributed by atoms with Gasteiger partial charge in [0.05, 0.1) is 19.3 Å². The van der Waals surface area contributed by atoms with Gasteiger partial charge in [-0.05, 0) is 50.5 Å². The number of nitrogens with zero attached hydrogens (tertiary/aromatic N) is 3. The normalized spacial score (nSPS) is 11.0. The van der Waals surface area contributed by atoms with Gasteiger partial charge in [-0.15, -0.1) is 24.0 Å². The fraction of sp³-hybridized carbons (Fsp3) is 0.474. The Morgan fingerprint density at radius 3 is 2.65 bits per heavy atom. The summed E-state index contributed by atoms with van der Waals surface area (Å²) in [4.78, 5) is 4.66. The van der Waals surface area contributed by atoms with E-state index in [1.165, 1.54) is 11.3 Å². The van der Waals surface area contributed by atoms with Crippen LogP contribution in [0, 0.1) is 13.8 Å². The fourth-order valence-corrected chi connectivity index (χ4v) is 2.77. The summed E-state index contributed by atoms with van der Waals surface area (Å²) < 4.78 is 7.20. The molecule has 2 rings (SSSR count). The van der Waals surface area contributed by atoms with E-state index in [2.05, 4.69) is 47.6 Å². The van der Waals surface area contributed by atoms with Crippen LogP contribution in [0.15, 0.2) is 29.3 Å². The smallest absolute Gasteiger partial charge is 0.191 e. The second kappa shape index (κ2) is 11.1. The molecule has 144 valence electrons. The molecule has 1 aromatic carbocycles. The number of rotatable bonds is 7. The predicted octanol–water partition coefficient (Wildman–Crippen LogP) is 2.96. The fourth-order valence-electron chi connectivity index (χ4n) is 2.77. The van der Waals surface area contributed by atoms with Crippen LogP contribution in [0.1, 0.15) is 29.4 Å². The van der Waals surface area contributed by atoms with Crippen LogP contribution >= 0.6 is 24.0 Å². The van der Waals surface area contributed by atoms with Crippen molar-refractivity contribution in [3.05, 3.63) is 46.8 Å². The summed E-state index contributed by atoms with van der Waals surface area (Å²) in [5, 5.41) is 11.2. The largest absolute Gasteiger partial charge is 0.497 e. The molecular formula is C19H30IN5O. The summed E-state index contributed by atoms with van der Waals surface area (Å²) in [5.41, 5.74) is 4.74. The van der Waals surface area contributed by atoms with Crippen LogP contribution in [0.5, 0.6) is 5.75 Å². The van der Waals surface area contributed by atoms with Gasteiger partial charge >= 0.3 is 0 Å². The van der Waals surface area contributed by atoms with E-state index in [4.69, 9.17) is 4.74 Å². The summed E-state index contributed by atoms with van der Waals surface area (Å²) in [6.07, 6.45) is 0.926. The quantitative estimate of drug-likeness (QED) is 0.371. The number of nitrogens with one attached hydrogen (secondary N) is 2. The summed E-state index contributed by atoms with van der Waals surface area (Å²) in [5.74, 6) is 1.68. The Kier molecular flexibility index (Phi) is 9.47. The third-order valence-electron chi connectivity index (χ3n) is 4.22. The Bertz CT molecular complexity index is 727. The lowest BCUT2D eigenvalue weighted by Gasteiger charge is -2.12. The second-order valence-electron chi connectivity index (χ2n) is 6.00. The highest BCUT2D eigenvalue weighted by atomic mass is 127. The maximum absolute atomic E-state index is 5.26. The van der Waals surface area contributed by atoms with Crippen molar-refractivity contribution in [1.82, 2.24) is 20.4 Å². The van der Waals surface area contributed by atoms with Crippen LogP contribution in [-0.2, 0) is 20.0 Å². The minimum absolute atomic E-state index is 0. The molecule has 7 heteroatoms. The highest BCUT2D eigenvalue weighted by Crippen LogP contribution is 2.13. The van der Waals surface area contributed by atoms with Crippen molar-refractivity contribution >= 4 is 29.9 Å². The molecule has 0 fully saturated rings. The van der Waals surface area contributed by atoms with E-state index in [1.54, 1.807) is 7.11 Å². The number of halogens is 1. The SMILES string of the molecule is CCNC(=NCc1cccc(OC)c1)NCCc1c(C)nn(C)c1C.I. The van der Waals surface area contributed by atoms with Crippen LogP contribution in [0.3, 0.4) is 0 Å². The summed E-state index contributed by atoms with van der Waals surface area (Å²) >= 11 is 0. The van der Waals surface area contributed by atoms with Crippen molar-refractivity contribution in [1.29, 1.82) is 0 Å². The average molecular weight is 471 g/mol. The van der Waals surface area contributed by atoms with Crippen molar-refractivity contribution in [3.8, 4) is 5.75 Å². The first kappa shape index (κ1) is 22.3. The lowest BCUT2D eigenvalue weighted by atomic mass is 10.1. The lowest BCUT2D eigenvalue weighted by Crippen LogP contribution is -2.38. The first-order chi connectivity index (χ1) is 12.0. The van der Waals surface area contributed by atoms with Crippen LogP contribution in [-0.4, -0.2) is 35.9 Å². The molecule has 1 aromatic heterocycles. The van der Waals surface area contributed by atoms with E-state index < -0.39 is 0 Å². The number of methoxy groups -OCH3 is 1. The Hall–Kier alpha value is -1.77. The van der Waals surface area contributed by atoms with Crippen molar-refractivity contribution in [2.75, 3.05) is 20.2 Å². The number of guanidine groups is 1. The average Bonchev–Trinajstić information content (AvgIpc) is 2.85. The Morgan fingerprint density at radius 1 is 1.27 bits per heavy atom. The van der Waals surface area contributed by atoms with Gasteiger partial charge in [0.1, 0.15) is 5.75 Å². The van der Waals surface area contributed by atoms with Gasteiger partial charge in [-0.1, -0.05) is 12.1 Å². The van der Waals surface area contributed by atoms with Gasteiger partial charge in [-0.3, -0.25) is 4.68 Å². The molecule has 0 atom stereocenters. The number of aryl methyl sites for hydroxylation is 2. The molecule has 26 heavy (non-hydrogen) atoms. The number of hydrogen-bond donors (Lipinski definition) is 2. The zero-order chi connectivity index (χ0) is 18.2. The Labute approximate surface area is 173 Å². The van der Waals surface area contributed by atoms with Crippen LogP contribution < -0.4 is 15.4 Å². The molecule has 2 aromatic rings. The van der Waals surface area contributed by atoms with E-state index >= 15 is 0 Å². The zero-order valence-electron chi connectivity index (χ0n) is 16.3. The third kappa shape index (κ3) is 6.19. The standard InChI is InChI=1S/C19H29N5O.HI/c1-6-20-19(22-13-16-8-7-9-17(12-16)25-5)21-11-10-18-14(2)23-24(4)15(18)3;/h7-9,12H,6,10-11,13H2,1-5H3,(H2,20,21,22);1H. The van der Waals surface area contributed by atoms with Gasteiger partial charge in [0.25, 0.3) is 0 Å². The van der Waals surface area contributed by atoms with Gasteiger partial charge in [-0.2, -0.15) is 5.10 Å². The van der Waals surface area contributed by atoms with Crippen LogP contribution in [0.25, 0.3) is 0 Å². The van der Waals surface area contributed by atoms with Crippen molar-refractivity contribution < 1.29 is 4.74 Å². The van der Waals surface area contributed by atoms with Crippen LogP contribution in [0.2, 0.25) is 0 Å². The molecule has 0 radical (unpaired) electrons. The molecule has 0 bridgehead atoms. The highest BCUT2D eigenvalue weighted by Gasteiger charge is 2.09. The van der Waals surface area contributed by atoms with Gasteiger partial charge in [0.2, 0.25) is 0 Å². The molecule has 0 aliphatic carbocycles. The first-order valence-electron chi connectivity index (χ1n) is 8.69. The minimum Gasteiger partial charge on any atom is -0.497 e. The van der Waals surface area contributed by atoms with Gasteiger partial charge in [0, 0.05) is 25.8 Å². The van der Waals surface area contributed by atoms with E-state index in [9.17, 15) is 0 Å². The van der Waals surface area contributed by atoms with Crippen molar-refractivity contribution in [2.45, 2.75) is 33.7 Å². The molecule has 1 heterocycles. The Morgan fingerprint density at radius 2 is 2.04 bits per heavy atom. The number of hydrogen-bond acceptors (Lipinski definition) is 3. The maximum Gasteiger partial charge on any atom is 0.191 e. The first-order valence-corrected chi connectivity index (χ1v) is 8.69. The highest BCUT2D eigenvalue weighted by molar-refractivity contribution is 14.0. The number of benzene rings is 1. The number of aromatic nitrogens is 2.